The average Bonchev–Trinajstić information content (AvgIpc) is 3.47. The summed E-state index contributed by atoms with van der Waals surface area (Å²) in [7, 11) is 1.63. The van der Waals surface area contributed by atoms with Crippen LogP contribution in [0.5, 0.6) is 5.75 Å². The number of aromatic nitrogens is 2. The van der Waals surface area contributed by atoms with Gasteiger partial charge in [-0.1, -0.05) is 54.9 Å². The van der Waals surface area contributed by atoms with Crippen LogP contribution in [-0.4, -0.2) is 45.4 Å². The molecule has 3 aromatic rings. The molecular weight excluding hydrogens is 460 g/mol. The quantitative estimate of drug-likeness (QED) is 0.553. The molecule has 1 saturated carbocycles. The number of rotatable bonds is 6. The molecule has 0 saturated heterocycles. The summed E-state index contributed by atoms with van der Waals surface area (Å²) in [6.07, 6.45) is 4.20. The fourth-order valence-electron chi connectivity index (χ4n) is 4.96. The van der Waals surface area contributed by atoms with Crippen molar-refractivity contribution < 1.29 is 14.3 Å². The predicted octanol–water partition coefficient (Wildman–Crippen LogP) is 4.42. The van der Waals surface area contributed by atoms with Gasteiger partial charge in [0.05, 0.1) is 24.2 Å². The maximum atomic E-state index is 13.8. The molecule has 1 fully saturated rings. The van der Waals surface area contributed by atoms with Crippen molar-refractivity contribution in [1.29, 1.82) is 0 Å². The van der Waals surface area contributed by atoms with Crippen LogP contribution in [0.3, 0.4) is 0 Å². The zero-order valence-electron chi connectivity index (χ0n) is 20.1. The Kier molecular flexibility index (Phi) is 6.81. The molecule has 0 radical (unpaired) electrons. The third-order valence-electron chi connectivity index (χ3n) is 6.76. The number of thioether (sulfide) groups is 1. The maximum absolute atomic E-state index is 13.8. The van der Waals surface area contributed by atoms with Gasteiger partial charge in [-0.05, 0) is 49.6 Å². The number of amides is 2. The van der Waals surface area contributed by atoms with E-state index < -0.39 is 6.04 Å². The van der Waals surface area contributed by atoms with E-state index in [4.69, 9.17) is 9.84 Å². The molecule has 182 valence electrons. The first kappa shape index (κ1) is 23.5. The molecule has 1 aliphatic heterocycles. The minimum absolute atomic E-state index is 0.0624. The third-order valence-corrected chi connectivity index (χ3v) is 7.82. The van der Waals surface area contributed by atoms with E-state index in [1.54, 1.807) is 12.0 Å². The van der Waals surface area contributed by atoms with Crippen molar-refractivity contribution in [3.05, 3.63) is 71.4 Å². The SMILES string of the molecule is COc1ccc(CN2C(=O)CSc3c(c(C)nn3-c3ccccc3)C2C(=O)NC2CCCC2)cc1. The molecule has 35 heavy (non-hydrogen) atoms. The van der Waals surface area contributed by atoms with Crippen molar-refractivity contribution in [1.82, 2.24) is 20.0 Å². The van der Waals surface area contributed by atoms with Crippen molar-refractivity contribution in [3.8, 4) is 11.4 Å². The average molecular weight is 491 g/mol. The van der Waals surface area contributed by atoms with Gasteiger partial charge in [-0.15, -0.1) is 0 Å². The monoisotopic (exact) mass is 490 g/mol. The van der Waals surface area contributed by atoms with E-state index in [-0.39, 0.29) is 23.6 Å². The lowest BCUT2D eigenvalue weighted by Crippen LogP contribution is -2.46. The molecule has 1 aromatic heterocycles. The molecule has 1 N–H and O–H groups in total. The topological polar surface area (TPSA) is 76.5 Å². The molecule has 8 heteroatoms. The van der Waals surface area contributed by atoms with E-state index in [2.05, 4.69) is 5.32 Å². The van der Waals surface area contributed by atoms with Gasteiger partial charge in [0, 0.05) is 18.2 Å². The summed E-state index contributed by atoms with van der Waals surface area (Å²) in [6, 6.07) is 16.9. The highest BCUT2D eigenvalue weighted by Gasteiger charge is 2.40. The number of ether oxygens (including phenoxy) is 1. The van der Waals surface area contributed by atoms with E-state index in [1.807, 2.05) is 66.2 Å². The fraction of sp³-hybridized carbons (Fsp3) is 0.370. The van der Waals surface area contributed by atoms with Gasteiger partial charge in [0.15, 0.2) is 0 Å². The highest BCUT2D eigenvalue weighted by Crippen LogP contribution is 2.40. The van der Waals surface area contributed by atoms with Gasteiger partial charge in [0.2, 0.25) is 11.8 Å². The first-order chi connectivity index (χ1) is 17.0. The molecule has 5 rings (SSSR count). The second kappa shape index (κ2) is 10.2. The number of aryl methyl sites for hydroxylation is 1. The number of benzene rings is 2. The number of fused-ring (bicyclic) bond motifs is 1. The molecule has 0 bridgehead atoms. The largest absolute Gasteiger partial charge is 0.497 e. The maximum Gasteiger partial charge on any atom is 0.247 e. The normalized spacial score (nSPS) is 18.3. The Hall–Kier alpha value is -3.26. The number of methoxy groups -OCH3 is 1. The van der Waals surface area contributed by atoms with Gasteiger partial charge in [0.25, 0.3) is 0 Å². The van der Waals surface area contributed by atoms with Gasteiger partial charge >= 0.3 is 0 Å². The molecule has 1 aliphatic carbocycles. The lowest BCUT2D eigenvalue weighted by Gasteiger charge is -2.30. The first-order valence-electron chi connectivity index (χ1n) is 12.1. The molecule has 7 nitrogen and oxygen atoms in total. The Morgan fingerprint density at radius 3 is 2.51 bits per heavy atom. The van der Waals surface area contributed by atoms with Crippen molar-refractivity contribution in [2.45, 2.75) is 56.3 Å². The van der Waals surface area contributed by atoms with Gasteiger partial charge < -0.3 is 15.0 Å². The Bertz CT molecular complexity index is 1200. The number of carbonyl (C=O) groups is 2. The summed E-state index contributed by atoms with van der Waals surface area (Å²) in [5, 5.41) is 8.92. The molecule has 1 atom stereocenters. The molecular formula is C27H30N4O3S. The minimum atomic E-state index is -0.743. The number of para-hydroxylation sites is 1. The zero-order valence-corrected chi connectivity index (χ0v) is 20.9. The van der Waals surface area contributed by atoms with Crippen molar-refractivity contribution in [3.63, 3.8) is 0 Å². The van der Waals surface area contributed by atoms with Crippen molar-refractivity contribution in [2.75, 3.05) is 12.9 Å². The number of carbonyl (C=O) groups excluding carboxylic acids is 2. The summed E-state index contributed by atoms with van der Waals surface area (Å²) in [5.74, 6) is 0.809. The smallest absolute Gasteiger partial charge is 0.247 e. The van der Waals surface area contributed by atoms with Crippen LogP contribution in [-0.2, 0) is 16.1 Å². The summed E-state index contributed by atoms with van der Waals surface area (Å²) in [6.45, 7) is 2.26. The lowest BCUT2D eigenvalue weighted by molar-refractivity contribution is -0.140. The Balaban J connectivity index is 1.57. The van der Waals surface area contributed by atoms with Gasteiger partial charge in [-0.3, -0.25) is 9.59 Å². The fourth-order valence-corrected chi connectivity index (χ4v) is 6.07. The van der Waals surface area contributed by atoms with E-state index in [0.29, 0.717) is 6.54 Å². The van der Waals surface area contributed by atoms with Gasteiger partial charge in [0.1, 0.15) is 16.8 Å². The standard InChI is InChI=1S/C27H30N4O3S/c1-18-24-25(26(33)28-20-8-6-7-9-20)30(16-19-12-14-22(34-2)15-13-19)23(32)17-35-27(24)31(29-18)21-10-4-3-5-11-21/h3-5,10-15,20,25H,6-9,16-17H2,1-2H3,(H,28,33). The van der Waals surface area contributed by atoms with E-state index in [0.717, 1.165) is 59.0 Å². The Labute approximate surface area is 209 Å². The third kappa shape index (κ3) is 4.80. The van der Waals surface area contributed by atoms with E-state index in [9.17, 15) is 9.59 Å². The second-order valence-corrected chi connectivity index (χ2v) is 10.1. The van der Waals surface area contributed by atoms with Crippen LogP contribution >= 0.6 is 11.8 Å². The van der Waals surface area contributed by atoms with Crippen molar-refractivity contribution >= 4 is 23.6 Å². The summed E-state index contributed by atoms with van der Waals surface area (Å²) in [4.78, 5) is 29.1. The Morgan fingerprint density at radius 2 is 1.83 bits per heavy atom. The van der Waals surface area contributed by atoms with E-state index in [1.165, 1.54) is 11.8 Å². The minimum Gasteiger partial charge on any atom is -0.497 e. The van der Waals surface area contributed by atoms with Gasteiger partial charge in [-0.25, -0.2) is 4.68 Å². The predicted molar refractivity (Wildman–Crippen MR) is 136 cm³/mol. The van der Waals surface area contributed by atoms with Crippen LogP contribution in [0.2, 0.25) is 0 Å². The van der Waals surface area contributed by atoms with Crippen LogP contribution in [0.4, 0.5) is 0 Å². The summed E-state index contributed by atoms with van der Waals surface area (Å²) < 4.78 is 7.15. The van der Waals surface area contributed by atoms with Gasteiger partial charge in [-0.2, -0.15) is 5.10 Å². The Morgan fingerprint density at radius 1 is 1.11 bits per heavy atom. The second-order valence-electron chi connectivity index (χ2n) is 9.10. The van der Waals surface area contributed by atoms with E-state index >= 15 is 0 Å². The van der Waals surface area contributed by atoms with Crippen LogP contribution < -0.4 is 10.1 Å². The summed E-state index contributed by atoms with van der Waals surface area (Å²) >= 11 is 1.45. The summed E-state index contributed by atoms with van der Waals surface area (Å²) in [5.41, 5.74) is 3.43. The van der Waals surface area contributed by atoms with Crippen LogP contribution in [0.15, 0.2) is 59.6 Å². The number of nitrogens with one attached hydrogen (secondary N) is 1. The highest BCUT2D eigenvalue weighted by atomic mass is 32.2. The number of nitrogens with zero attached hydrogens (tertiary/aromatic N) is 3. The van der Waals surface area contributed by atoms with Crippen molar-refractivity contribution in [2.24, 2.45) is 0 Å². The van der Waals surface area contributed by atoms with Crippen LogP contribution in [0.1, 0.15) is 48.5 Å². The zero-order chi connectivity index (χ0) is 24.4. The number of hydrogen-bond acceptors (Lipinski definition) is 5. The highest BCUT2D eigenvalue weighted by molar-refractivity contribution is 8.00. The van der Waals surface area contributed by atoms with Crippen LogP contribution in [0, 0.1) is 6.92 Å². The molecule has 0 spiro atoms. The molecule has 2 aliphatic rings. The molecule has 2 heterocycles. The van der Waals surface area contributed by atoms with Crippen LogP contribution in [0.25, 0.3) is 5.69 Å². The first-order valence-corrected chi connectivity index (χ1v) is 13.0. The number of hydrogen-bond donors (Lipinski definition) is 1. The lowest BCUT2D eigenvalue weighted by atomic mass is 10.0. The molecule has 2 amide bonds. The molecule has 1 unspecified atom stereocenters. The molecule has 2 aromatic carbocycles.